The highest BCUT2D eigenvalue weighted by Gasteiger charge is 2.03. The molecule has 0 radical (unpaired) electrons. The molecule has 0 aliphatic carbocycles. The van der Waals surface area contributed by atoms with E-state index in [-0.39, 0.29) is 18.3 Å². The lowest BCUT2D eigenvalue weighted by molar-refractivity contribution is -0.139. The molecular formula is C13H18N2O3S. The Labute approximate surface area is 116 Å². The molecule has 0 atom stereocenters. The van der Waals surface area contributed by atoms with E-state index in [9.17, 15) is 9.59 Å². The Morgan fingerprint density at radius 3 is 2.47 bits per heavy atom. The third kappa shape index (κ3) is 6.26. The van der Waals surface area contributed by atoms with Crippen molar-refractivity contribution in [2.24, 2.45) is 5.84 Å². The van der Waals surface area contributed by atoms with Gasteiger partial charge in [-0.25, -0.2) is 5.84 Å². The summed E-state index contributed by atoms with van der Waals surface area (Å²) >= 11 is 1.50. The quantitative estimate of drug-likeness (QED) is 0.338. The predicted octanol–water partition coefficient (Wildman–Crippen LogP) is 1.02. The number of esters is 1. The monoisotopic (exact) mass is 282 g/mol. The number of nitrogens with one attached hydrogen (secondary N) is 1. The standard InChI is InChI=1S/C13H18N2O3S/c1-2-18-13(17)9-19-8-11-5-3-10(4-6-11)7-12(16)15-14/h3-6H,2,7-9,14H2,1H3,(H,15,16). The van der Waals surface area contributed by atoms with Crippen molar-refractivity contribution in [3.05, 3.63) is 35.4 Å². The maximum atomic E-state index is 11.1. The van der Waals surface area contributed by atoms with E-state index in [1.165, 1.54) is 11.8 Å². The average Bonchev–Trinajstić information content (AvgIpc) is 2.41. The van der Waals surface area contributed by atoms with Crippen LogP contribution in [0.15, 0.2) is 24.3 Å². The van der Waals surface area contributed by atoms with Crippen molar-refractivity contribution >= 4 is 23.6 Å². The molecule has 0 aromatic heterocycles. The van der Waals surface area contributed by atoms with E-state index in [4.69, 9.17) is 10.6 Å². The summed E-state index contributed by atoms with van der Waals surface area (Å²) in [5.41, 5.74) is 4.10. The molecule has 5 nitrogen and oxygen atoms in total. The predicted molar refractivity (Wildman–Crippen MR) is 75.3 cm³/mol. The first-order valence-corrected chi connectivity index (χ1v) is 7.11. The molecule has 1 aromatic carbocycles. The number of benzene rings is 1. The van der Waals surface area contributed by atoms with Crippen molar-refractivity contribution in [1.29, 1.82) is 0 Å². The summed E-state index contributed by atoms with van der Waals surface area (Å²) in [4.78, 5) is 22.2. The number of nitrogens with two attached hydrogens (primary N) is 1. The van der Waals surface area contributed by atoms with Gasteiger partial charge in [-0.15, -0.1) is 11.8 Å². The van der Waals surface area contributed by atoms with E-state index in [1.54, 1.807) is 6.92 Å². The lowest BCUT2D eigenvalue weighted by Gasteiger charge is -2.04. The number of ether oxygens (including phenoxy) is 1. The van der Waals surface area contributed by atoms with E-state index in [0.717, 1.165) is 16.9 Å². The van der Waals surface area contributed by atoms with Crippen molar-refractivity contribution in [3.63, 3.8) is 0 Å². The summed E-state index contributed by atoms with van der Waals surface area (Å²) in [5.74, 6) is 5.70. The van der Waals surface area contributed by atoms with Gasteiger partial charge in [0.1, 0.15) is 0 Å². The minimum Gasteiger partial charge on any atom is -0.465 e. The number of thioether (sulfide) groups is 1. The maximum Gasteiger partial charge on any atom is 0.315 e. The molecule has 104 valence electrons. The van der Waals surface area contributed by atoms with Gasteiger partial charge in [-0.3, -0.25) is 15.0 Å². The zero-order valence-electron chi connectivity index (χ0n) is 10.8. The molecule has 6 heteroatoms. The second kappa shape index (κ2) is 8.55. The fraction of sp³-hybridized carbons (Fsp3) is 0.385. The van der Waals surface area contributed by atoms with Gasteiger partial charge in [0, 0.05) is 5.75 Å². The highest BCUT2D eigenvalue weighted by molar-refractivity contribution is 7.99. The zero-order chi connectivity index (χ0) is 14.1. The summed E-state index contributed by atoms with van der Waals surface area (Å²) in [6.07, 6.45) is 0.271. The Morgan fingerprint density at radius 1 is 1.26 bits per heavy atom. The Balaban J connectivity index is 2.36. The van der Waals surface area contributed by atoms with Crippen molar-refractivity contribution in [1.82, 2.24) is 5.43 Å². The number of amides is 1. The van der Waals surface area contributed by atoms with Crippen LogP contribution in [0, 0.1) is 0 Å². The average molecular weight is 282 g/mol. The molecule has 0 aliphatic heterocycles. The number of carbonyl (C=O) groups excluding carboxylic acids is 2. The summed E-state index contributed by atoms with van der Waals surface area (Å²) in [5, 5.41) is 0. The Morgan fingerprint density at radius 2 is 1.89 bits per heavy atom. The maximum absolute atomic E-state index is 11.1. The molecule has 0 heterocycles. The van der Waals surface area contributed by atoms with Crippen LogP contribution >= 0.6 is 11.8 Å². The Hall–Kier alpha value is -1.53. The smallest absolute Gasteiger partial charge is 0.315 e. The van der Waals surface area contributed by atoms with Crippen LogP contribution in [0.5, 0.6) is 0 Å². The second-order valence-corrected chi connectivity index (χ2v) is 4.84. The van der Waals surface area contributed by atoms with Crippen LogP contribution in [0.4, 0.5) is 0 Å². The molecule has 0 aliphatic rings. The van der Waals surface area contributed by atoms with Crippen LogP contribution in [0.1, 0.15) is 18.1 Å². The minimum absolute atomic E-state index is 0.191. The highest BCUT2D eigenvalue weighted by Crippen LogP contribution is 2.13. The van der Waals surface area contributed by atoms with Gasteiger partial charge in [-0.2, -0.15) is 0 Å². The van der Waals surface area contributed by atoms with Crippen LogP contribution in [0.25, 0.3) is 0 Å². The molecule has 0 unspecified atom stereocenters. The molecule has 0 fully saturated rings. The van der Waals surface area contributed by atoms with Crippen molar-refractivity contribution in [2.45, 2.75) is 19.1 Å². The van der Waals surface area contributed by atoms with Gasteiger partial charge in [-0.1, -0.05) is 24.3 Å². The van der Waals surface area contributed by atoms with E-state index >= 15 is 0 Å². The third-order valence-corrected chi connectivity index (χ3v) is 3.32. The van der Waals surface area contributed by atoms with Crippen LogP contribution in [-0.2, 0) is 26.5 Å². The molecule has 1 rings (SSSR count). The summed E-state index contributed by atoms with van der Waals surface area (Å²) < 4.78 is 4.84. The van der Waals surface area contributed by atoms with Gasteiger partial charge >= 0.3 is 5.97 Å². The lowest BCUT2D eigenvalue weighted by Crippen LogP contribution is -2.31. The third-order valence-electron chi connectivity index (χ3n) is 2.34. The van der Waals surface area contributed by atoms with Gasteiger partial charge in [0.15, 0.2) is 0 Å². The van der Waals surface area contributed by atoms with Crippen LogP contribution in [0.2, 0.25) is 0 Å². The molecule has 0 saturated heterocycles. The summed E-state index contributed by atoms with van der Waals surface area (Å²) in [6.45, 7) is 2.20. The minimum atomic E-state index is -0.218. The van der Waals surface area contributed by atoms with Gasteiger partial charge in [-0.05, 0) is 18.1 Å². The summed E-state index contributed by atoms with van der Waals surface area (Å²) in [6, 6.07) is 7.65. The van der Waals surface area contributed by atoms with E-state index in [2.05, 4.69) is 5.43 Å². The van der Waals surface area contributed by atoms with Crippen molar-refractivity contribution in [3.8, 4) is 0 Å². The molecule has 0 bridgehead atoms. The summed E-state index contributed by atoms with van der Waals surface area (Å²) in [7, 11) is 0. The number of carbonyl (C=O) groups is 2. The van der Waals surface area contributed by atoms with Gasteiger partial charge in [0.05, 0.1) is 18.8 Å². The van der Waals surface area contributed by atoms with Gasteiger partial charge in [0.2, 0.25) is 5.91 Å². The first-order valence-electron chi connectivity index (χ1n) is 5.96. The van der Waals surface area contributed by atoms with E-state index in [1.807, 2.05) is 24.3 Å². The van der Waals surface area contributed by atoms with E-state index in [0.29, 0.717) is 12.4 Å². The highest BCUT2D eigenvalue weighted by atomic mass is 32.2. The SMILES string of the molecule is CCOC(=O)CSCc1ccc(CC(=O)NN)cc1. The number of rotatable bonds is 7. The molecule has 0 spiro atoms. The Kier molecular flexibility index (Phi) is 6.99. The topological polar surface area (TPSA) is 81.4 Å². The first-order chi connectivity index (χ1) is 9.15. The van der Waals surface area contributed by atoms with Crippen molar-refractivity contribution in [2.75, 3.05) is 12.4 Å². The van der Waals surface area contributed by atoms with Crippen LogP contribution in [0.3, 0.4) is 0 Å². The molecule has 1 aromatic rings. The normalized spacial score (nSPS) is 10.0. The largest absolute Gasteiger partial charge is 0.465 e. The number of hydrogen-bond donors (Lipinski definition) is 2. The molecule has 19 heavy (non-hydrogen) atoms. The molecule has 0 saturated carbocycles. The van der Waals surface area contributed by atoms with Gasteiger partial charge in [0.25, 0.3) is 0 Å². The lowest BCUT2D eigenvalue weighted by atomic mass is 10.1. The fourth-order valence-electron chi connectivity index (χ4n) is 1.44. The molecular weight excluding hydrogens is 264 g/mol. The second-order valence-electron chi connectivity index (χ2n) is 3.86. The zero-order valence-corrected chi connectivity index (χ0v) is 11.7. The number of hydrogen-bond acceptors (Lipinski definition) is 5. The van der Waals surface area contributed by atoms with Crippen LogP contribution < -0.4 is 11.3 Å². The fourth-order valence-corrected chi connectivity index (χ4v) is 2.22. The van der Waals surface area contributed by atoms with Crippen LogP contribution in [-0.4, -0.2) is 24.2 Å². The molecule has 1 amide bonds. The molecule has 3 N–H and O–H groups in total. The van der Waals surface area contributed by atoms with Gasteiger partial charge < -0.3 is 4.74 Å². The Bertz CT molecular complexity index is 420. The van der Waals surface area contributed by atoms with Crippen molar-refractivity contribution < 1.29 is 14.3 Å². The number of hydrazine groups is 1. The van der Waals surface area contributed by atoms with E-state index < -0.39 is 0 Å². The first kappa shape index (κ1) is 15.5.